The van der Waals surface area contributed by atoms with Crippen LogP contribution in [-0.4, -0.2) is 54.0 Å². The molecular formula is C20H22F3N5O. The first-order valence-electron chi connectivity index (χ1n) is 9.46. The summed E-state index contributed by atoms with van der Waals surface area (Å²) in [6.07, 6.45) is -0.385. The molecule has 1 fully saturated rings. The third-order valence-electron chi connectivity index (χ3n) is 5.07. The Morgan fingerprint density at radius 3 is 2.72 bits per heavy atom. The Balaban J connectivity index is 1.57. The van der Waals surface area contributed by atoms with Gasteiger partial charge in [0.2, 0.25) is 6.30 Å². The molecule has 0 saturated carbocycles. The van der Waals surface area contributed by atoms with Crippen LogP contribution in [0.2, 0.25) is 0 Å². The van der Waals surface area contributed by atoms with Crippen molar-refractivity contribution in [2.24, 2.45) is 0 Å². The Labute approximate surface area is 166 Å². The predicted octanol–water partition coefficient (Wildman–Crippen LogP) is 4.21. The number of H-pyrrole nitrogens is 1. The minimum atomic E-state index is -3.11. The Kier molecular flexibility index (Phi) is 5.57. The van der Waals surface area contributed by atoms with E-state index in [-0.39, 0.29) is 5.82 Å². The van der Waals surface area contributed by atoms with Crippen LogP contribution in [0.5, 0.6) is 0 Å². The third kappa shape index (κ3) is 4.29. The summed E-state index contributed by atoms with van der Waals surface area (Å²) in [5, 5.41) is 4.35. The van der Waals surface area contributed by atoms with Crippen LogP contribution in [0.15, 0.2) is 36.7 Å². The minimum Gasteiger partial charge on any atom is -0.381 e. The number of nitrogens with zero attached hydrogens (tertiary/aromatic N) is 3. The van der Waals surface area contributed by atoms with Gasteiger partial charge in [0.1, 0.15) is 11.6 Å². The fourth-order valence-electron chi connectivity index (χ4n) is 3.39. The largest absolute Gasteiger partial charge is 0.381 e. The van der Waals surface area contributed by atoms with Gasteiger partial charge in [-0.2, -0.15) is 0 Å². The van der Waals surface area contributed by atoms with Crippen molar-refractivity contribution in [2.75, 3.05) is 30.5 Å². The number of hydrogen-bond donors (Lipinski definition) is 2. The van der Waals surface area contributed by atoms with Crippen LogP contribution in [0.3, 0.4) is 0 Å². The van der Waals surface area contributed by atoms with Crippen molar-refractivity contribution in [3.8, 4) is 11.3 Å². The SMILES string of the molecule is CN(c1cc(-c2cc3cnc(NC4CCOCC4)cc3[nH]2)ccn1)C(F)C(F)F. The third-order valence-corrected chi connectivity index (χ3v) is 5.07. The molecule has 0 amide bonds. The Morgan fingerprint density at radius 1 is 1.17 bits per heavy atom. The molecule has 9 heteroatoms. The van der Waals surface area contributed by atoms with E-state index in [1.165, 1.54) is 13.2 Å². The first-order chi connectivity index (χ1) is 14.0. The highest BCUT2D eigenvalue weighted by atomic mass is 19.3. The van der Waals surface area contributed by atoms with Crippen LogP contribution in [0, 0.1) is 0 Å². The maximum atomic E-state index is 13.6. The summed E-state index contributed by atoms with van der Waals surface area (Å²) in [6, 6.07) is 7.52. The van der Waals surface area contributed by atoms with Crippen LogP contribution in [0.25, 0.3) is 22.2 Å². The summed E-state index contributed by atoms with van der Waals surface area (Å²) >= 11 is 0. The molecule has 2 N–H and O–H groups in total. The summed E-state index contributed by atoms with van der Waals surface area (Å²) in [6.45, 7) is 1.49. The number of anilines is 2. The average molecular weight is 405 g/mol. The van der Waals surface area contributed by atoms with Gasteiger partial charge in [0.25, 0.3) is 6.43 Å². The monoisotopic (exact) mass is 405 g/mol. The Bertz CT molecular complexity index is 974. The number of halogens is 3. The van der Waals surface area contributed by atoms with E-state index in [1.54, 1.807) is 18.3 Å². The van der Waals surface area contributed by atoms with E-state index >= 15 is 0 Å². The fraction of sp³-hybridized carbons (Fsp3) is 0.400. The normalized spacial score (nSPS) is 16.3. The van der Waals surface area contributed by atoms with Crippen molar-refractivity contribution in [1.82, 2.24) is 15.0 Å². The minimum absolute atomic E-state index is 0.133. The highest BCUT2D eigenvalue weighted by Crippen LogP contribution is 2.28. The summed E-state index contributed by atoms with van der Waals surface area (Å²) in [5.74, 6) is 0.916. The molecule has 4 rings (SSSR count). The molecule has 0 aliphatic carbocycles. The van der Waals surface area contributed by atoms with E-state index in [0.29, 0.717) is 6.04 Å². The first-order valence-corrected chi connectivity index (χ1v) is 9.46. The molecule has 154 valence electrons. The van der Waals surface area contributed by atoms with Crippen LogP contribution in [-0.2, 0) is 4.74 Å². The van der Waals surface area contributed by atoms with Gasteiger partial charge < -0.3 is 19.9 Å². The van der Waals surface area contributed by atoms with Gasteiger partial charge in [0, 0.05) is 61.4 Å². The molecule has 4 heterocycles. The van der Waals surface area contributed by atoms with E-state index in [2.05, 4.69) is 20.3 Å². The van der Waals surface area contributed by atoms with Crippen molar-refractivity contribution in [2.45, 2.75) is 31.6 Å². The van der Waals surface area contributed by atoms with Crippen molar-refractivity contribution in [3.05, 3.63) is 36.7 Å². The number of alkyl halides is 3. The second-order valence-corrected chi connectivity index (χ2v) is 7.09. The Hall–Kier alpha value is -2.81. The highest BCUT2D eigenvalue weighted by molar-refractivity contribution is 5.87. The molecule has 0 spiro atoms. The van der Waals surface area contributed by atoms with E-state index in [1.807, 2.05) is 12.1 Å². The van der Waals surface area contributed by atoms with Gasteiger partial charge in [0.05, 0.1) is 5.52 Å². The number of aromatic nitrogens is 3. The zero-order chi connectivity index (χ0) is 20.4. The first kappa shape index (κ1) is 19.5. The maximum Gasteiger partial charge on any atom is 0.287 e. The standard InChI is InChI=1S/C20H22F3N5O/c1-28(20(23)19(21)22)18-9-12(2-5-24-18)15-8-13-11-25-17(10-16(13)27-15)26-14-3-6-29-7-4-14/h2,5,8-11,14,19-20,27H,3-4,6-7H2,1H3,(H,25,26). The van der Waals surface area contributed by atoms with E-state index < -0.39 is 12.7 Å². The lowest BCUT2D eigenvalue weighted by Crippen LogP contribution is -2.34. The van der Waals surface area contributed by atoms with Crippen molar-refractivity contribution < 1.29 is 17.9 Å². The summed E-state index contributed by atoms with van der Waals surface area (Å²) in [5.41, 5.74) is 2.39. The van der Waals surface area contributed by atoms with E-state index in [4.69, 9.17) is 4.74 Å². The molecule has 3 aromatic heterocycles. The van der Waals surface area contributed by atoms with Crippen LogP contribution in [0.1, 0.15) is 12.8 Å². The number of nitrogens with one attached hydrogen (secondary N) is 2. The number of aromatic amines is 1. The van der Waals surface area contributed by atoms with Gasteiger partial charge in [-0.05, 0) is 31.0 Å². The highest BCUT2D eigenvalue weighted by Gasteiger charge is 2.25. The number of ether oxygens (including phenoxy) is 1. The summed E-state index contributed by atoms with van der Waals surface area (Å²) in [4.78, 5) is 12.6. The molecular weight excluding hydrogens is 383 g/mol. The van der Waals surface area contributed by atoms with E-state index in [0.717, 1.165) is 58.9 Å². The van der Waals surface area contributed by atoms with Crippen molar-refractivity contribution in [1.29, 1.82) is 0 Å². The van der Waals surface area contributed by atoms with Crippen molar-refractivity contribution in [3.63, 3.8) is 0 Å². The van der Waals surface area contributed by atoms with Crippen LogP contribution < -0.4 is 10.2 Å². The van der Waals surface area contributed by atoms with Gasteiger partial charge in [-0.3, -0.25) is 0 Å². The molecule has 0 bridgehead atoms. The zero-order valence-electron chi connectivity index (χ0n) is 15.9. The maximum absolute atomic E-state index is 13.6. The summed E-state index contributed by atoms with van der Waals surface area (Å²) in [7, 11) is 1.26. The second-order valence-electron chi connectivity index (χ2n) is 7.09. The average Bonchev–Trinajstić information content (AvgIpc) is 3.17. The molecule has 6 nitrogen and oxygen atoms in total. The van der Waals surface area contributed by atoms with Gasteiger partial charge in [-0.1, -0.05) is 0 Å². The summed E-state index contributed by atoms with van der Waals surface area (Å²) < 4.78 is 44.3. The number of rotatable bonds is 6. The molecule has 1 unspecified atom stereocenters. The predicted molar refractivity (Wildman–Crippen MR) is 106 cm³/mol. The lowest BCUT2D eigenvalue weighted by molar-refractivity contribution is 0.0504. The molecule has 1 aliphatic heterocycles. The molecule has 29 heavy (non-hydrogen) atoms. The Morgan fingerprint density at radius 2 is 1.97 bits per heavy atom. The van der Waals surface area contributed by atoms with Crippen LogP contribution in [0.4, 0.5) is 24.8 Å². The zero-order valence-corrected chi connectivity index (χ0v) is 15.9. The number of pyridine rings is 2. The number of fused-ring (bicyclic) bond motifs is 1. The molecule has 0 radical (unpaired) electrons. The van der Waals surface area contributed by atoms with Crippen molar-refractivity contribution >= 4 is 22.5 Å². The molecule has 1 atom stereocenters. The van der Waals surface area contributed by atoms with Gasteiger partial charge in [0.15, 0.2) is 0 Å². The van der Waals surface area contributed by atoms with E-state index in [9.17, 15) is 13.2 Å². The fourth-order valence-corrected chi connectivity index (χ4v) is 3.39. The molecule has 1 aliphatic rings. The topological polar surface area (TPSA) is 66.1 Å². The van der Waals surface area contributed by atoms with Gasteiger partial charge >= 0.3 is 0 Å². The lowest BCUT2D eigenvalue weighted by Gasteiger charge is -2.23. The van der Waals surface area contributed by atoms with Crippen LogP contribution >= 0.6 is 0 Å². The molecule has 3 aromatic rings. The lowest BCUT2D eigenvalue weighted by atomic mass is 10.1. The number of hydrogen-bond acceptors (Lipinski definition) is 5. The molecule has 0 aromatic carbocycles. The van der Waals surface area contributed by atoms with Gasteiger partial charge in [-0.15, -0.1) is 0 Å². The molecule has 1 saturated heterocycles. The smallest absolute Gasteiger partial charge is 0.287 e. The van der Waals surface area contributed by atoms with Gasteiger partial charge in [-0.25, -0.2) is 23.1 Å². The second kappa shape index (κ2) is 8.28. The quantitative estimate of drug-likeness (QED) is 0.602.